The van der Waals surface area contributed by atoms with Crippen LogP contribution < -0.4 is 14.8 Å². The number of hydrogen-bond donors (Lipinski definition) is 1. The fourth-order valence-electron chi connectivity index (χ4n) is 4.59. The number of piperidine rings is 1. The van der Waals surface area contributed by atoms with Crippen molar-refractivity contribution in [2.24, 2.45) is 11.8 Å². The summed E-state index contributed by atoms with van der Waals surface area (Å²) in [6, 6.07) is 7.84. The third-order valence-corrected chi connectivity index (χ3v) is 6.28. The summed E-state index contributed by atoms with van der Waals surface area (Å²) < 4.78 is 11.8. The number of carbonyl (C=O) groups is 1. The molecule has 3 aliphatic rings. The number of amides is 1. The average Bonchev–Trinajstić information content (AvgIpc) is 3.21. The van der Waals surface area contributed by atoms with Crippen LogP contribution in [0.5, 0.6) is 11.5 Å². The van der Waals surface area contributed by atoms with Crippen LogP contribution in [0, 0.1) is 11.8 Å². The Hall–Kier alpha value is -1.75. The number of likely N-dealkylation sites (tertiary alicyclic amines) is 1. The number of carbonyl (C=O) groups excluding carboxylic acids is 1. The Bertz CT molecular complexity index is 622. The Morgan fingerprint density at radius 1 is 1.00 bits per heavy atom. The Kier molecular flexibility index (Phi) is 6.17. The van der Waals surface area contributed by atoms with E-state index in [1.165, 1.54) is 25.7 Å². The van der Waals surface area contributed by atoms with E-state index in [1.54, 1.807) is 0 Å². The summed E-state index contributed by atoms with van der Waals surface area (Å²) in [6.45, 7) is 4.24. The molecule has 148 valence electrons. The van der Waals surface area contributed by atoms with Gasteiger partial charge >= 0.3 is 0 Å². The monoisotopic (exact) mass is 372 g/mol. The lowest BCUT2D eigenvalue weighted by Gasteiger charge is -2.33. The van der Waals surface area contributed by atoms with Gasteiger partial charge in [-0.25, -0.2) is 0 Å². The molecule has 0 aromatic heterocycles. The van der Waals surface area contributed by atoms with Gasteiger partial charge in [-0.1, -0.05) is 25.0 Å². The quantitative estimate of drug-likeness (QED) is 0.833. The van der Waals surface area contributed by atoms with Crippen molar-refractivity contribution in [3.8, 4) is 11.5 Å². The van der Waals surface area contributed by atoms with Crippen LogP contribution in [0.25, 0.3) is 0 Å². The van der Waals surface area contributed by atoms with Crippen molar-refractivity contribution in [1.82, 2.24) is 10.2 Å². The molecule has 1 atom stereocenters. The fraction of sp³-hybridized carbons (Fsp3) is 0.682. The van der Waals surface area contributed by atoms with Crippen LogP contribution in [-0.4, -0.2) is 49.7 Å². The molecule has 0 spiro atoms. The molecule has 2 heterocycles. The van der Waals surface area contributed by atoms with Gasteiger partial charge in [-0.2, -0.15) is 0 Å². The highest BCUT2D eigenvalue weighted by atomic mass is 16.6. The van der Waals surface area contributed by atoms with Crippen molar-refractivity contribution in [1.29, 1.82) is 0 Å². The highest BCUT2D eigenvalue weighted by Crippen LogP contribution is 2.31. The normalized spacial score (nSPS) is 23.6. The average molecular weight is 373 g/mol. The molecule has 2 fully saturated rings. The van der Waals surface area contributed by atoms with Crippen molar-refractivity contribution in [2.75, 3.05) is 32.8 Å². The van der Waals surface area contributed by atoms with Gasteiger partial charge in [0, 0.05) is 26.1 Å². The van der Waals surface area contributed by atoms with Crippen LogP contribution in [0.4, 0.5) is 0 Å². The smallest absolute Gasteiger partial charge is 0.222 e. The molecule has 1 unspecified atom stereocenters. The molecule has 1 amide bonds. The predicted octanol–water partition coefficient (Wildman–Crippen LogP) is 3.23. The highest BCUT2D eigenvalue weighted by molar-refractivity contribution is 5.76. The van der Waals surface area contributed by atoms with E-state index < -0.39 is 0 Å². The van der Waals surface area contributed by atoms with E-state index in [1.807, 2.05) is 24.3 Å². The van der Waals surface area contributed by atoms with Crippen molar-refractivity contribution in [3.05, 3.63) is 24.3 Å². The first-order valence-corrected chi connectivity index (χ1v) is 10.6. The molecule has 5 heteroatoms. The summed E-state index contributed by atoms with van der Waals surface area (Å²) in [7, 11) is 0. The lowest BCUT2D eigenvalue weighted by Crippen LogP contribution is -2.43. The van der Waals surface area contributed by atoms with Crippen LogP contribution in [0.3, 0.4) is 0 Å². The summed E-state index contributed by atoms with van der Waals surface area (Å²) in [6.07, 6.45) is 8.19. The number of fused-ring (bicyclic) bond motifs is 1. The number of para-hydroxylation sites is 2. The number of ether oxygens (including phenoxy) is 2. The fourth-order valence-corrected chi connectivity index (χ4v) is 4.59. The summed E-state index contributed by atoms with van der Waals surface area (Å²) in [4.78, 5) is 14.6. The second-order valence-corrected chi connectivity index (χ2v) is 8.33. The lowest BCUT2D eigenvalue weighted by molar-refractivity contribution is -0.133. The van der Waals surface area contributed by atoms with Crippen LogP contribution in [0.15, 0.2) is 24.3 Å². The molecule has 1 saturated carbocycles. The van der Waals surface area contributed by atoms with Gasteiger partial charge in [0.2, 0.25) is 5.91 Å². The number of rotatable bonds is 6. The molecule has 5 nitrogen and oxygen atoms in total. The van der Waals surface area contributed by atoms with Crippen molar-refractivity contribution in [3.63, 3.8) is 0 Å². The second kappa shape index (κ2) is 8.96. The lowest BCUT2D eigenvalue weighted by atomic mass is 9.95. The van der Waals surface area contributed by atoms with E-state index in [2.05, 4.69) is 10.2 Å². The van der Waals surface area contributed by atoms with Gasteiger partial charge in [-0.05, 0) is 56.2 Å². The molecular weight excluding hydrogens is 340 g/mol. The van der Waals surface area contributed by atoms with E-state index in [9.17, 15) is 4.79 Å². The Balaban J connectivity index is 1.12. The van der Waals surface area contributed by atoms with E-state index in [4.69, 9.17) is 9.47 Å². The van der Waals surface area contributed by atoms with Gasteiger partial charge in [0.05, 0.1) is 0 Å². The first kappa shape index (κ1) is 18.6. The summed E-state index contributed by atoms with van der Waals surface area (Å²) >= 11 is 0. The van der Waals surface area contributed by atoms with Crippen LogP contribution >= 0.6 is 0 Å². The zero-order valence-electron chi connectivity index (χ0n) is 16.2. The van der Waals surface area contributed by atoms with Crippen LogP contribution in [0.1, 0.15) is 44.9 Å². The molecular formula is C22H32N2O3. The Morgan fingerprint density at radius 3 is 2.52 bits per heavy atom. The van der Waals surface area contributed by atoms with Gasteiger partial charge in [0.1, 0.15) is 12.7 Å². The molecule has 2 aliphatic heterocycles. The van der Waals surface area contributed by atoms with Crippen molar-refractivity contribution in [2.45, 2.75) is 51.0 Å². The van der Waals surface area contributed by atoms with E-state index in [0.717, 1.165) is 56.9 Å². The molecule has 0 bridgehead atoms. The first-order chi connectivity index (χ1) is 13.3. The van der Waals surface area contributed by atoms with Gasteiger partial charge in [0.15, 0.2) is 11.5 Å². The first-order valence-electron chi connectivity index (χ1n) is 10.6. The van der Waals surface area contributed by atoms with Crippen molar-refractivity contribution >= 4 is 5.91 Å². The molecule has 0 radical (unpaired) electrons. The van der Waals surface area contributed by atoms with Crippen molar-refractivity contribution < 1.29 is 14.3 Å². The van der Waals surface area contributed by atoms with Gasteiger partial charge in [-0.15, -0.1) is 0 Å². The third kappa shape index (κ3) is 4.95. The van der Waals surface area contributed by atoms with E-state index in [-0.39, 0.29) is 6.10 Å². The Morgan fingerprint density at radius 2 is 1.74 bits per heavy atom. The van der Waals surface area contributed by atoms with Crippen LogP contribution in [-0.2, 0) is 4.79 Å². The zero-order chi connectivity index (χ0) is 18.5. The maximum Gasteiger partial charge on any atom is 0.222 e. The number of nitrogens with one attached hydrogen (secondary N) is 1. The zero-order valence-corrected chi connectivity index (χ0v) is 16.2. The maximum atomic E-state index is 12.5. The second-order valence-electron chi connectivity index (χ2n) is 8.33. The minimum Gasteiger partial charge on any atom is -0.486 e. The van der Waals surface area contributed by atoms with Gasteiger partial charge in [-0.3, -0.25) is 4.79 Å². The minimum absolute atomic E-state index is 0.0629. The largest absolute Gasteiger partial charge is 0.486 e. The third-order valence-electron chi connectivity index (χ3n) is 6.28. The molecule has 1 aromatic rings. The maximum absolute atomic E-state index is 12.5. The summed E-state index contributed by atoms with van der Waals surface area (Å²) in [5.41, 5.74) is 0. The van der Waals surface area contributed by atoms with E-state index >= 15 is 0 Å². The summed E-state index contributed by atoms with van der Waals surface area (Å²) in [5, 5.41) is 3.55. The number of hydrogen-bond acceptors (Lipinski definition) is 4. The molecule has 1 aromatic carbocycles. The molecule has 4 rings (SSSR count). The van der Waals surface area contributed by atoms with Gasteiger partial charge in [0.25, 0.3) is 0 Å². The number of nitrogens with zero attached hydrogens (tertiary/aromatic N) is 1. The molecule has 1 saturated heterocycles. The SMILES string of the molecule is O=C(CC1CCCC1)N1CCC(CNCC2COc3ccccc3O2)CC1. The molecule has 27 heavy (non-hydrogen) atoms. The Labute approximate surface area is 162 Å². The van der Waals surface area contributed by atoms with E-state index in [0.29, 0.717) is 24.3 Å². The van der Waals surface area contributed by atoms with Crippen LogP contribution in [0.2, 0.25) is 0 Å². The molecule has 1 aliphatic carbocycles. The topological polar surface area (TPSA) is 50.8 Å². The standard InChI is InChI=1S/C22H32N2O3/c25-22(13-17-5-1-2-6-17)24-11-9-18(10-12-24)14-23-15-19-16-26-20-7-3-4-8-21(20)27-19/h3-4,7-8,17-19,23H,1-2,5-6,9-16H2. The number of benzene rings is 1. The minimum atomic E-state index is 0.0629. The summed E-state index contributed by atoms with van der Waals surface area (Å²) in [5.74, 6) is 3.37. The predicted molar refractivity (Wildman–Crippen MR) is 105 cm³/mol. The highest BCUT2D eigenvalue weighted by Gasteiger charge is 2.26. The molecule has 1 N–H and O–H groups in total. The van der Waals surface area contributed by atoms with Gasteiger partial charge < -0.3 is 19.7 Å².